The minimum atomic E-state index is -1.20. The number of nitrogens with zero attached hydrogens (tertiary/aromatic N) is 4. The number of fused-ring (bicyclic) bond motifs is 1. The van der Waals surface area contributed by atoms with Gasteiger partial charge in [0.05, 0.1) is 24.5 Å². The summed E-state index contributed by atoms with van der Waals surface area (Å²) in [6, 6.07) is 7.01. The average molecular weight is 524 g/mol. The Bertz CT molecular complexity index is 1380. The Morgan fingerprint density at radius 1 is 1.22 bits per heavy atom. The molecular formula is C26H33N5O3SSi. The Balaban J connectivity index is 1.45. The lowest BCUT2D eigenvalue weighted by molar-refractivity contribution is 0.0339. The normalized spacial score (nSPS) is 15.1. The van der Waals surface area contributed by atoms with Crippen molar-refractivity contribution in [2.75, 3.05) is 32.9 Å². The fourth-order valence-corrected chi connectivity index (χ4v) is 5.87. The molecule has 10 heteroatoms. The van der Waals surface area contributed by atoms with Gasteiger partial charge >= 0.3 is 0 Å². The first-order valence-corrected chi connectivity index (χ1v) is 17.0. The Morgan fingerprint density at radius 2 is 2.06 bits per heavy atom. The lowest BCUT2D eigenvalue weighted by Gasteiger charge is -2.27. The van der Waals surface area contributed by atoms with E-state index in [1.54, 1.807) is 10.8 Å². The van der Waals surface area contributed by atoms with E-state index >= 15 is 0 Å². The summed E-state index contributed by atoms with van der Waals surface area (Å²) >= 11 is 1.49. The number of aromatic amines is 1. The quantitative estimate of drug-likeness (QED) is 0.254. The molecule has 5 rings (SSSR count). The SMILES string of the molecule is C[Si](C)(C)CCOCn1cc(CN2CCOCC2)cc(-c2nc(-c3c[nH]c4ncccc34)cs2)c1=O. The summed E-state index contributed by atoms with van der Waals surface area (Å²) < 4.78 is 13.2. The average Bonchev–Trinajstić information content (AvgIpc) is 3.51. The highest BCUT2D eigenvalue weighted by molar-refractivity contribution is 7.13. The molecule has 0 amide bonds. The Morgan fingerprint density at radius 3 is 2.86 bits per heavy atom. The molecule has 0 bridgehead atoms. The predicted octanol–water partition coefficient (Wildman–Crippen LogP) is 4.66. The number of rotatable bonds is 9. The summed E-state index contributed by atoms with van der Waals surface area (Å²) in [5.41, 5.74) is 4.27. The smallest absolute Gasteiger partial charge is 0.262 e. The van der Waals surface area contributed by atoms with Crippen molar-refractivity contribution in [3.8, 4) is 21.8 Å². The fraction of sp³-hybridized carbons (Fsp3) is 0.423. The summed E-state index contributed by atoms with van der Waals surface area (Å²) in [7, 11) is -1.20. The summed E-state index contributed by atoms with van der Waals surface area (Å²) in [5, 5.41) is 3.74. The Labute approximate surface area is 215 Å². The second-order valence-electron chi connectivity index (χ2n) is 10.4. The van der Waals surface area contributed by atoms with Crippen molar-refractivity contribution in [3.63, 3.8) is 0 Å². The van der Waals surface area contributed by atoms with Gasteiger partial charge in [0.25, 0.3) is 5.56 Å². The third kappa shape index (κ3) is 5.84. The second kappa shape index (κ2) is 10.8. The molecule has 1 N–H and O–H groups in total. The van der Waals surface area contributed by atoms with Crippen LogP contribution in [-0.4, -0.2) is 65.4 Å². The standard InChI is InChI=1S/C26H33N5O3SSi/c1-36(2,3)12-11-34-18-31-16-19(15-30-7-9-33-10-8-30)13-21(26(31)32)25-29-23(17-35-25)22-14-28-24-20(22)5-4-6-27-24/h4-6,13-14,16-17H,7-12,15,18H2,1-3H3,(H,27,28). The van der Waals surface area contributed by atoms with Crippen LogP contribution in [0.5, 0.6) is 0 Å². The van der Waals surface area contributed by atoms with Gasteiger partial charge in [-0.3, -0.25) is 14.3 Å². The van der Waals surface area contributed by atoms with Crippen LogP contribution in [-0.2, 0) is 22.7 Å². The molecule has 1 saturated heterocycles. The molecule has 1 aliphatic rings. The minimum absolute atomic E-state index is 0.0739. The molecule has 4 aromatic heterocycles. The van der Waals surface area contributed by atoms with Crippen LogP contribution in [0.15, 0.2) is 47.0 Å². The largest absolute Gasteiger partial charge is 0.379 e. The number of pyridine rings is 2. The molecule has 0 atom stereocenters. The van der Waals surface area contributed by atoms with Gasteiger partial charge in [0.15, 0.2) is 0 Å². The van der Waals surface area contributed by atoms with Gasteiger partial charge in [0.1, 0.15) is 17.4 Å². The summed E-state index contributed by atoms with van der Waals surface area (Å²) in [4.78, 5) is 28.3. The maximum Gasteiger partial charge on any atom is 0.262 e. The van der Waals surface area contributed by atoms with Gasteiger partial charge in [0, 0.05) is 69.2 Å². The van der Waals surface area contributed by atoms with E-state index in [1.165, 1.54) is 11.3 Å². The van der Waals surface area contributed by atoms with Crippen molar-refractivity contribution in [2.45, 2.75) is 39.0 Å². The first-order valence-electron chi connectivity index (χ1n) is 12.4. The van der Waals surface area contributed by atoms with Crippen molar-refractivity contribution < 1.29 is 9.47 Å². The Hall–Kier alpha value is -2.63. The summed E-state index contributed by atoms with van der Waals surface area (Å²) in [5.74, 6) is 0. The van der Waals surface area contributed by atoms with Gasteiger partial charge in [0.2, 0.25) is 0 Å². The second-order valence-corrected chi connectivity index (χ2v) is 16.9. The van der Waals surface area contributed by atoms with E-state index in [9.17, 15) is 4.79 Å². The number of thiazole rings is 1. The summed E-state index contributed by atoms with van der Waals surface area (Å²) in [6.45, 7) is 11.9. The number of nitrogens with one attached hydrogen (secondary N) is 1. The van der Waals surface area contributed by atoms with Gasteiger partial charge in [-0.15, -0.1) is 11.3 Å². The van der Waals surface area contributed by atoms with Crippen LogP contribution in [0.4, 0.5) is 0 Å². The van der Waals surface area contributed by atoms with Crippen LogP contribution < -0.4 is 5.56 Å². The van der Waals surface area contributed by atoms with Crippen LogP contribution in [0, 0.1) is 0 Å². The minimum Gasteiger partial charge on any atom is -0.379 e. The van der Waals surface area contributed by atoms with Gasteiger partial charge < -0.3 is 14.5 Å². The topological polar surface area (TPSA) is 85.3 Å². The molecule has 0 radical (unpaired) electrons. The van der Waals surface area contributed by atoms with Gasteiger partial charge in [-0.25, -0.2) is 9.97 Å². The zero-order valence-corrected chi connectivity index (χ0v) is 22.9. The van der Waals surface area contributed by atoms with Crippen LogP contribution in [0.3, 0.4) is 0 Å². The molecule has 36 heavy (non-hydrogen) atoms. The van der Waals surface area contributed by atoms with E-state index in [1.807, 2.05) is 36.0 Å². The third-order valence-corrected chi connectivity index (χ3v) is 8.92. The number of hydrogen-bond donors (Lipinski definition) is 1. The van der Waals surface area contributed by atoms with E-state index in [-0.39, 0.29) is 12.3 Å². The van der Waals surface area contributed by atoms with E-state index in [2.05, 4.69) is 34.5 Å². The predicted molar refractivity (Wildman–Crippen MR) is 147 cm³/mol. The van der Waals surface area contributed by atoms with Gasteiger partial charge in [-0.05, 0) is 29.8 Å². The van der Waals surface area contributed by atoms with Crippen molar-refractivity contribution in [1.29, 1.82) is 0 Å². The van der Waals surface area contributed by atoms with Crippen molar-refractivity contribution in [1.82, 2.24) is 24.4 Å². The molecule has 0 spiro atoms. The van der Waals surface area contributed by atoms with Crippen LogP contribution in [0.2, 0.25) is 25.7 Å². The lowest BCUT2D eigenvalue weighted by atomic mass is 10.1. The number of morpholine rings is 1. The van der Waals surface area contributed by atoms with Gasteiger partial charge in [-0.1, -0.05) is 19.6 Å². The van der Waals surface area contributed by atoms with E-state index in [0.717, 1.165) is 66.7 Å². The van der Waals surface area contributed by atoms with Crippen LogP contribution in [0.1, 0.15) is 5.56 Å². The number of aromatic nitrogens is 4. The number of ether oxygens (including phenoxy) is 2. The third-order valence-electron chi connectivity index (χ3n) is 6.34. The lowest BCUT2D eigenvalue weighted by Crippen LogP contribution is -2.36. The molecular weight excluding hydrogens is 490 g/mol. The van der Waals surface area contributed by atoms with E-state index in [4.69, 9.17) is 14.5 Å². The first-order chi connectivity index (χ1) is 17.4. The molecule has 1 aliphatic heterocycles. The van der Waals surface area contributed by atoms with Gasteiger partial charge in [-0.2, -0.15) is 0 Å². The zero-order valence-electron chi connectivity index (χ0n) is 21.1. The highest BCUT2D eigenvalue weighted by Gasteiger charge is 2.18. The van der Waals surface area contributed by atoms with Crippen molar-refractivity contribution >= 4 is 30.4 Å². The molecule has 0 unspecified atom stereocenters. The molecule has 0 saturated carbocycles. The van der Waals surface area contributed by atoms with Crippen LogP contribution in [0.25, 0.3) is 32.9 Å². The monoisotopic (exact) mass is 523 g/mol. The number of H-pyrrole nitrogens is 1. The maximum absolute atomic E-state index is 13.5. The highest BCUT2D eigenvalue weighted by atomic mass is 32.1. The highest BCUT2D eigenvalue weighted by Crippen LogP contribution is 2.31. The zero-order chi connectivity index (χ0) is 25.1. The molecule has 1 fully saturated rings. The van der Waals surface area contributed by atoms with Crippen LogP contribution >= 0.6 is 11.3 Å². The Kier molecular flexibility index (Phi) is 7.49. The summed E-state index contributed by atoms with van der Waals surface area (Å²) in [6.07, 6.45) is 5.63. The molecule has 190 valence electrons. The molecule has 4 aromatic rings. The first kappa shape index (κ1) is 25.0. The molecule has 8 nitrogen and oxygen atoms in total. The maximum atomic E-state index is 13.5. The van der Waals surface area contributed by atoms with E-state index in [0.29, 0.717) is 17.2 Å². The van der Waals surface area contributed by atoms with Crippen molar-refractivity contribution in [2.24, 2.45) is 0 Å². The molecule has 0 aliphatic carbocycles. The fourth-order valence-electron chi connectivity index (χ4n) is 4.28. The number of hydrogen-bond acceptors (Lipinski definition) is 7. The molecule has 5 heterocycles. The molecule has 0 aromatic carbocycles. The van der Waals surface area contributed by atoms with E-state index < -0.39 is 8.07 Å². The van der Waals surface area contributed by atoms with Crippen molar-refractivity contribution in [3.05, 3.63) is 58.1 Å².